The summed E-state index contributed by atoms with van der Waals surface area (Å²) in [5.41, 5.74) is 0. The van der Waals surface area contributed by atoms with E-state index in [9.17, 15) is 14.0 Å². The molecule has 0 saturated carbocycles. The predicted molar refractivity (Wildman–Crippen MR) is 90.7 cm³/mol. The van der Waals surface area contributed by atoms with Crippen molar-refractivity contribution in [3.05, 3.63) is 30.1 Å². The first kappa shape index (κ1) is 17.7. The number of nitrogens with zero attached hydrogens (tertiary/aromatic N) is 2. The number of likely N-dealkylation sites (tertiary alicyclic amines) is 1. The second-order valence-electron chi connectivity index (χ2n) is 6.43. The maximum Gasteiger partial charge on any atom is 0.236 e. The van der Waals surface area contributed by atoms with Crippen LogP contribution in [0.5, 0.6) is 5.75 Å². The number of benzene rings is 1. The SMILES string of the molecule is O=C(CCOc1ccccc1F)N1CCCC(N2CCNCC2=O)C1. The number of halogens is 1. The van der Waals surface area contributed by atoms with Crippen LogP contribution in [-0.4, -0.2) is 67.0 Å². The summed E-state index contributed by atoms with van der Waals surface area (Å²) in [7, 11) is 0. The van der Waals surface area contributed by atoms with Gasteiger partial charge < -0.3 is 19.9 Å². The topological polar surface area (TPSA) is 61.9 Å². The highest BCUT2D eigenvalue weighted by Gasteiger charge is 2.31. The molecule has 25 heavy (non-hydrogen) atoms. The summed E-state index contributed by atoms with van der Waals surface area (Å²) in [5, 5.41) is 3.07. The van der Waals surface area contributed by atoms with E-state index in [0.29, 0.717) is 26.2 Å². The minimum Gasteiger partial charge on any atom is -0.490 e. The summed E-state index contributed by atoms with van der Waals surface area (Å²) < 4.78 is 18.9. The lowest BCUT2D eigenvalue weighted by atomic mass is 10.0. The van der Waals surface area contributed by atoms with Gasteiger partial charge in [-0.2, -0.15) is 0 Å². The summed E-state index contributed by atoms with van der Waals surface area (Å²) in [6.45, 7) is 3.29. The van der Waals surface area contributed by atoms with Crippen molar-refractivity contribution in [1.29, 1.82) is 0 Å². The summed E-state index contributed by atoms with van der Waals surface area (Å²) in [4.78, 5) is 28.1. The normalized spacial score (nSPS) is 21.3. The lowest BCUT2D eigenvalue weighted by molar-refractivity contribution is -0.140. The molecule has 2 saturated heterocycles. The average Bonchev–Trinajstić information content (AvgIpc) is 2.64. The summed E-state index contributed by atoms with van der Waals surface area (Å²) >= 11 is 0. The van der Waals surface area contributed by atoms with Gasteiger partial charge >= 0.3 is 0 Å². The number of piperidine rings is 1. The highest BCUT2D eigenvalue weighted by atomic mass is 19.1. The van der Waals surface area contributed by atoms with Crippen LogP contribution in [0.4, 0.5) is 4.39 Å². The fraction of sp³-hybridized carbons (Fsp3) is 0.556. The van der Waals surface area contributed by atoms with Gasteiger partial charge in [0.05, 0.1) is 19.6 Å². The van der Waals surface area contributed by atoms with E-state index in [1.165, 1.54) is 6.07 Å². The minimum absolute atomic E-state index is 0.0105. The summed E-state index contributed by atoms with van der Waals surface area (Å²) in [5.74, 6) is -0.166. The Morgan fingerprint density at radius 2 is 2.16 bits per heavy atom. The highest BCUT2D eigenvalue weighted by Crippen LogP contribution is 2.19. The minimum atomic E-state index is -0.426. The fourth-order valence-electron chi connectivity index (χ4n) is 3.41. The maximum atomic E-state index is 13.5. The molecule has 0 aromatic heterocycles. The van der Waals surface area contributed by atoms with Gasteiger partial charge in [-0.05, 0) is 25.0 Å². The van der Waals surface area contributed by atoms with Gasteiger partial charge in [-0.15, -0.1) is 0 Å². The van der Waals surface area contributed by atoms with Gasteiger partial charge in [0.2, 0.25) is 11.8 Å². The first-order valence-electron chi connectivity index (χ1n) is 8.80. The van der Waals surface area contributed by atoms with Crippen molar-refractivity contribution < 1.29 is 18.7 Å². The van der Waals surface area contributed by atoms with Gasteiger partial charge in [0.1, 0.15) is 0 Å². The number of carbonyl (C=O) groups is 2. The standard InChI is InChI=1S/C18H24FN3O3/c19-15-5-1-2-6-16(15)25-11-7-17(23)21-9-3-4-14(13-21)22-10-8-20-12-18(22)24/h1-2,5-6,14,20H,3-4,7-13H2. The van der Waals surface area contributed by atoms with Gasteiger partial charge in [-0.3, -0.25) is 9.59 Å². The van der Waals surface area contributed by atoms with E-state index in [2.05, 4.69) is 5.32 Å². The molecule has 2 amide bonds. The number of ether oxygens (including phenoxy) is 1. The third kappa shape index (κ3) is 4.48. The van der Waals surface area contributed by atoms with Gasteiger partial charge in [-0.1, -0.05) is 12.1 Å². The molecule has 3 rings (SSSR count). The van der Waals surface area contributed by atoms with Crippen molar-refractivity contribution in [3.8, 4) is 5.75 Å². The number of amides is 2. The van der Waals surface area contributed by atoms with Gasteiger partial charge in [0.15, 0.2) is 11.6 Å². The Hall–Kier alpha value is -2.15. The zero-order valence-electron chi connectivity index (χ0n) is 14.2. The Balaban J connectivity index is 1.48. The number of nitrogens with one attached hydrogen (secondary N) is 1. The summed E-state index contributed by atoms with van der Waals surface area (Å²) in [6, 6.07) is 6.27. The largest absolute Gasteiger partial charge is 0.490 e. The first-order valence-corrected chi connectivity index (χ1v) is 8.80. The van der Waals surface area contributed by atoms with Crippen molar-refractivity contribution in [2.45, 2.75) is 25.3 Å². The smallest absolute Gasteiger partial charge is 0.236 e. The molecule has 1 unspecified atom stereocenters. The molecule has 1 aromatic carbocycles. The quantitative estimate of drug-likeness (QED) is 0.862. The van der Waals surface area contributed by atoms with Crippen LogP contribution in [0.3, 0.4) is 0 Å². The van der Waals surface area contributed by atoms with Crippen LogP contribution in [0.2, 0.25) is 0 Å². The van der Waals surface area contributed by atoms with Crippen LogP contribution >= 0.6 is 0 Å². The number of rotatable bonds is 5. The molecule has 2 heterocycles. The zero-order chi connectivity index (χ0) is 17.6. The number of piperazine rings is 1. The Kier molecular flexibility index (Phi) is 5.86. The first-order chi connectivity index (χ1) is 12.1. The Labute approximate surface area is 146 Å². The second-order valence-corrected chi connectivity index (χ2v) is 6.43. The molecule has 0 bridgehead atoms. The number of hydrogen-bond donors (Lipinski definition) is 1. The average molecular weight is 349 g/mol. The van der Waals surface area contributed by atoms with Crippen LogP contribution in [-0.2, 0) is 9.59 Å². The van der Waals surface area contributed by atoms with E-state index in [0.717, 1.165) is 19.4 Å². The molecule has 2 aliphatic heterocycles. The van der Waals surface area contributed by atoms with E-state index in [4.69, 9.17) is 4.74 Å². The summed E-state index contributed by atoms with van der Waals surface area (Å²) in [6.07, 6.45) is 2.03. The van der Waals surface area contributed by atoms with Crippen molar-refractivity contribution >= 4 is 11.8 Å². The molecule has 0 aliphatic carbocycles. The van der Waals surface area contributed by atoms with E-state index >= 15 is 0 Å². The number of para-hydroxylation sites is 1. The van der Waals surface area contributed by atoms with Crippen LogP contribution in [0.25, 0.3) is 0 Å². The lowest BCUT2D eigenvalue weighted by Crippen LogP contribution is -2.57. The molecule has 136 valence electrons. The predicted octanol–water partition coefficient (Wildman–Crippen LogP) is 1.02. The molecular weight excluding hydrogens is 325 g/mol. The van der Waals surface area contributed by atoms with E-state index < -0.39 is 5.82 Å². The lowest BCUT2D eigenvalue weighted by Gasteiger charge is -2.41. The van der Waals surface area contributed by atoms with Gasteiger partial charge in [0.25, 0.3) is 0 Å². The van der Waals surface area contributed by atoms with Crippen molar-refractivity contribution in [2.75, 3.05) is 39.3 Å². The number of carbonyl (C=O) groups excluding carboxylic acids is 2. The molecule has 1 atom stereocenters. The molecule has 0 spiro atoms. The molecule has 2 fully saturated rings. The molecular formula is C18H24FN3O3. The maximum absolute atomic E-state index is 13.5. The van der Waals surface area contributed by atoms with Gasteiger partial charge in [-0.25, -0.2) is 4.39 Å². The fourth-order valence-corrected chi connectivity index (χ4v) is 3.41. The van der Waals surface area contributed by atoms with Crippen LogP contribution < -0.4 is 10.1 Å². The van der Waals surface area contributed by atoms with E-state index in [-0.39, 0.29) is 36.6 Å². The number of hydrogen-bond acceptors (Lipinski definition) is 4. The molecule has 0 radical (unpaired) electrons. The van der Waals surface area contributed by atoms with Crippen LogP contribution in [0.15, 0.2) is 24.3 Å². The molecule has 1 aromatic rings. The highest BCUT2D eigenvalue weighted by molar-refractivity contribution is 5.80. The molecule has 6 nitrogen and oxygen atoms in total. The van der Waals surface area contributed by atoms with Gasteiger partial charge in [0, 0.05) is 32.2 Å². The molecule has 2 aliphatic rings. The Morgan fingerprint density at radius 3 is 2.96 bits per heavy atom. The van der Waals surface area contributed by atoms with E-state index in [1.54, 1.807) is 23.1 Å². The molecule has 7 heteroatoms. The third-order valence-electron chi connectivity index (χ3n) is 4.73. The van der Waals surface area contributed by atoms with Crippen LogP contribution in [0, 0.1) is 5.82 Å². The molecule has 1 N–H and O–H groups in total. The van der Waals surface area contributed by atoms with Crippen molar-refractivity contribution in [2.24, 2.45) is 0 Å². The second kappa shape index (κ2) is 8.29. The van der Waals surface area contributed by atoms with Crippen LogP contribution in [0.1, 0.15) is 19.3 Å². The Morgan fingerprint density at radius 1 is 1.32 bits per heavy atom. The van der Waals surface area contributed by atoms with Crippen molar-refractivity contribution in [1.82, 2.24) is 15.1 Å². The third-order valence-corrected chi connectivity index (χ3v) is 4.73. The van der Waals surface area contributed by atoms with Crippen molar-refractivity contribution in [3.63, 3.8) is 0 Å². The monoisotopic (exact) mass is 349 g/mol. The Bertz CT molecular complexity index is 625. The zero-order valence-corrected chi connectivity index (χ0v) is 14.2. The van der Waals surface area contributed by atoms with E-state index in [1.807, 2.05) is 4.90 Å².